The van der Waals surface area contributed by atoms with Crippen molar-refractivity contribution in [2.45, 2.75) is 12.8 Å². The predicted molar refractivity (Wildman–Crippen MR) is 81.0 cm³/mol. The van der Waals surface area contributed by atoms with E-state index in [1.54, 1.807) is 24.3 Å². The zero-order valence-corrected chi connectivity index (χ0v) is 12.6. The summed E-state index contributed by atoms with van der Waals surface area (Å²) < 4.78 is 30.5. The van der Waals surface area contributed by atoms with Crippen molar-refractivity contribution < 1.29 is 17.9 Å². The number of ether oxygens (including phenoxy) is 1. The van der Waals surface area contributed by atoms with Crippen molar-refractivity contribution in [2.75, 3.05) is 17.6 Å². The van der Waals surface area contributed by atoms with Crippen LogP contribution in [0, 0.1) is 0 Å². The lowest BCUT2D eigenvalue weighted by Gasteiger charge is -2.08. The maximum atomic E-state index is 11.8. The fourth-order valence-corrected chi connectivity index (χ4v) is 2.71. The van der Waals surface area contributed by atoms with Crippen LogP contribution in [0.15, 0.2) is 24.3 Å². The van der Waals surface area contributed by atoms with Gasteiger partial charge in [0.25, 0.3) is 0 Å². The summed E-state index contributed by atoms with van der Waals surface area (Å²) >= 11 is 4.82. The van der Waals surface area contributed by atoms with Gasteiger partial charge in [-0.15, -0.1) is 0 Å². The third kappa shape index (κ3) is 5.54. The first kappa shape index (κ1) is 16.4. The van der Waals surface area contributed by atoms with E-state index >= 15 is 0 Å². The van der Waals surface area contributed by atoms with Crippen molar-refractivity contribution in [1.29, 1.82) is 0 Å². The lowest BCUT2D eigenvalue weighted by molar-refractivity contribution is -0.140. The molecular formula is C12H16N2O4S2. The number of anilines is 1. The van der Waals surface area contributed by atoms with Gasteiger partial charge in [0.05, 0.1) is 12.9 Å². The summed E-state index contributed by atoms with van der Waals surface area (Å²) in [6, 6.07) is 6.50. The number of carbonyl (C=O) groups excluding carboxylic acids is 1. The van der Waals surface area contributed by atoms with Crippen LogP contribution in [0.4, 0.5) is 5.69 Å². The van der Waals surface area contributed by atoms with Gasteiger partial charge in [0, 0.05) is 17.7 Å². The van der Waals surface area contributed by atoms with Crippen LogP contribution in [0.2, 0.25) is 0 Å². The van der Waals surface area contributed by atoms with Gasteiger partial charge in [-0.25, -0.2) is 8.42 Å². The second kappa shape index (κ2) is 7.20. The molecule has 110 valence electrons. The maximum absolute atomic E-state index is 11.8. The van der Waals surface area contributed by atoms with E-state index in [1.165, 1.54) is 7.11 Å². The number of hydrogen-bond acceptors (Lipinski definition) is 5. The van der Waals surface area contributed by atoms with Crippen LogP contribution in [0.5, 0.6) is 0 Å². The fraction of sp³-hybridized carbons (Fsp3) is 0.333. The number of benzene rings is 1. The summed E-state index contributed by atoms with van der Waals surface area (Å²) in [6.07, 6.45) is 0.251. The Morgan fingerprint density at radius 1 is 1.45 bits per heavy atom. The molecule has 0 aliphatic rings. The average Bonchev–Trinajstić information content (AvgIpc) is 2.37. The predicted octanol–water partition coefficient (Wildman–Crippen LogP) is 1.02. The van der Waals surface area contributed by atoms with E-state index < -0.39 is 16.0 Å². The van der Waals surface area contributed by atoms with Crippen LogP contribution < -0.4 is 10.5 Å². The first-order valence-electron chi connectivity index (χ1n) is 5.81. The van der Waals surface area contributed by atoms with Gasteiger partial charge < -0.3 is 10.5 Å². The Bertz CT molecular complexity index is 599. The molecule has 6 nitrogen and oxygen atoms in total. The van der Waals surface area contributed by atoms with Gasteiger partial charge in [0.2, 0.25) is 10.0 Å². The third-order valence-corrected chi connectivity index (χ3v) is 4.05. The molecule has 0 heterocycles. The lowest BCUT2D eigenvalue weighted by Crippen LogP contribution is -2.18. The summed E-state index contributed by atoms with van der Waals surface area (Å²) in [7, 11) is -2.26. The van der Waals surface area contributed by atoms with E-state index in [2.05, 4.69) is 9.46 Å². The number of thiocarbonyl (C=S) groups is 1. The van der Waals surface area contributed by atoms with Gasteiger partial charge in [-0.2, -0.15) is 0 Å². The molecule has 0 spiro atoms. The van der Waals surface area contributed by atoms with Gasteiger partial charge in [-0.05, 0) is 18.6 Å². The zero-order valence-electron chi connectivity index (χ0n) is 11.0. The summed E-state index contributed by atoms with van der Waals surface area (Å²) in [4.78, 5) is 11.1. The van der Waals surface area contributed by atoms with E-state index in [4.69, 9.17) is 18.0 Å². The molecule has 1 aromatic rings. The van der Waals surface area contributed by atoms with Crippen molar-refractivity contribution in [3.05, 3.63) is 29.8 Å². The Morgan fingerprint density at radius 3 is 2.75 bits per heavy atom. The average molecular weight is 316 g/mol. The summed E-state index contributed by atoms with van der Waals surface area (Å²) in [5.74, 6) is -0.602. The van der Waals surface area contributed by atoms with E-state index in [0.29, 0.717) is 11.3 Å². The molecule has 20 heavy (non-hydrogen) atoms. The molecule has 0 bridgehead atoms. The van der Waals surface area contributed by atoms with Crippen molar-refractivity contribution in [2.24, 2.45) is 5.73 Å². The topological polar surface area (TPSA) is 98.5 Å². The lowest BCUT2D eigenvalue weighted by atomic mass is 10.2. The quantitative estimate of drug-likeness (QED) is 0.575. The Balaban J connectivity index is 2.64. The SMILES string of the molecule is COC(=O)CCCS(=O)(=O)Nc1cccc(C(N)=S)c1. The molecule has 1 aromatic carbocycles. The van der Waals surface area contributed by atoms with Crippen molar-refractivity contribution in [1.82, 2.24) is 0 Å². The Labute approximate surface area is 123 Å². The molecule has 0 saturated carbocycles. The first-order valence-corrected chi connectivity index (χ1v) is 7.87. The van der Waals surface area contributed by atoms with Crippen LogP contribution in [0.3, 0.4) is 0 Å². The normalized spacial score (nSPS) is 10.8. The second-order valence-electron chi connectivity index (χ2n) is 4.05. The van der Waals surface area contributed by atoms with Crippen molar-refractivity contribution in [3.63, 3.8) is 0 Å². The van der Waals surface area contributed by atoms with Crippen molar-refractivity contribution >= 4 is 38.9 Å². The zero-order chi connectivity index (χ0) is 15.2. The Morgan fingerprint density at radius 2 is 2.15 bits per heavy atom. The minimum absolute atomic E-state index is 0.0599. The van der Waals surface area contributed by atoms with Crippen molar-refractivity contribution in [3.8, 4) is 0 Å². The minimum atomic E-state index is -3.52. The standard InChI is InChI=1S/C12H16N2O4S2/c1-18-11(15)6-3-7-20(16,17)14-10-5-2-4-9(8-10)12(13)19/h2,4-5,8,14H,3,6-7H2,1H3,(H2,13,19). The highest BCUT2D eigenvalue weighted by Gasteiger charge is 2.12. The molecule has 3 N–H and O–H groups in total. The highest BCUT2D eigenvalue weighted by Crippen LogP contribution is 2.13. The van der Waals surface area contributed by atoms with Gasteiger partial charge in [-0.1, -0.05) is 24.4 Å². The molecule has 0 saturated heterocycles. The third-order valence-electron chi connectivity index (χ3n) is 2.44. The number of sulfonamides is 1. The second-order valence-corrected chi connectivity index (χ2v) is 6.33. The molecule has 0 aliphatic carbocycles. The number of carbonyl (C=O) groups is 1. The fourth-order valence-electron chi connectivity index (χ4n) is 1.48. The largest absolute Gasteiger partial charge is 0.469 e. The number of nitrogens with one attached hydrogen (secondary N) is 1. The van der Waals surface area contributed by atoms with Crippen LogP contribution >= 0.6 is 12.2 Å². The maximum Gasteiger partial charge on any atom is 0.305 e. The highest BCUT2D eigenvalue weighted by atomic mass is 32.2. The molecule has 0 radical (unpaired) electrons. The number of esters is 1. The summed E-state index contributed by atoms with van der Waals surface area (Å²) in [6.45, 7) is 0. The number of rotatable bonds is 7. The van der Waals surface area contributed by atoms with Crippen LogP contribution in [-0.2, 0) is 19.6 Å². The van der Waals surface area contributed by atoms with E-state index in [0.717, 1.165) is 0 Å². The molecular weight excluding hydrogens is 300 g/mol. The van der Waals surface area contributed by atoms with Crippen LogP contribution in [-0.4, -0.2) is 32.2 Å². The van der Waals surface area contributed by atoms with Crippen LogP contribution in [0.25, 0.3) is 0 Å². The molecule has 0 atom stereocenters. The summed E-state index contributed by atoms with van der Waals surface area (Å²) in [5, 5.41) is 0. The van der Waals surface area contributed by atoms with E-state index in [1.807, 2.05) is 0 Å². The van der Waals surface area contributed by atoms with Crippen LogP contribution in [0.1, 0.15) is 18.4 Å². The number of methoxy groups -OCH3 is 1. The summed E-state index contributed by atoms with van der Waals surface area (Å²) in [5.41, 5.74) is 6.44. The number of hydrogen-bond donors (Lipinski definition) is 2. The molecule has 0 fully saturated rings. The molecule has 8 heteroatoms. The Kier molecular flexibility index (Phi) is 5.90. The van der Waals surface area contributed by atoms with Gasteiger partial charge in [0.1, 0.15) is 4.99 Å². The van der Waals surface area contributed by atoms with Gasteiger partial charge >= 0.3 is 5.97 Å². The molecule has 0 aromatic heterocycles. The Hall–Kier alpha value is -1.67. The van der Waals surface area contributed by atoms with Gasteiger partial charge in [0.15, 0.2) is 0 Å². The first-order chi connectivity index (χ1) is 9.34. The monoisotopic (exact) mass is 316 g/mol. The smallest absolute Gasteiger partial charge is 0.305 e. The number of nitrogens with two attached hydrogens (primary N) is 1. The molecule has 0 unspecified atom stereocenters. The minimum Gasteiger partial charge on any atom is -0.469 e. The molecule has 1 rings (SSSR count). The van der Waals surface area contributed by atoms with Gasteiger partial charge in [-0.3, -0.25) is 9.52 Å². The molecule has 0 aliphatic heterocycles. The van der Waals surface area contributed by atoms with E-state index in [9.17, 15) is 13.2 Å². The molecule has 0 amide bonds. The highest BCUT2D eigenvalue weighted by molar-refractivity contribution is 7.92. The van der Waals surface area contributed by atoms with E-state index in [-0.39, 0.29) is 23.6 Å².